The molecule has 0 bridgehead atoms. The SMILES string of the molecule is BC(CCCC)(CCCCC)NC=S. The van der Waals surface area contributed by atoms with E-state index < -0.39 is 0 Å². The quantitative estimate of drug-likeness (QED) is 0.359. The maximum absolute atomic E-state index is 4.89. The fraction of sp³-hybridized carbons (Fsp3) is 0.909. The Bertz CT molecular complexity index is 152. The first-order valence-corrected chi connectivity index (χ1v) is 6.37. The first kappa shape index (κ1) is 14.0. The van der Waals surface area contributed by atoms with Gasteiger partial charge in [0.1, 0.15) is 7.85 Å². The van der Waals surface area contributed by atoms with Crippen LogP contribution in [-0.2, 0) is 0 Å². The molecule has 0 aromatic heterocycles. The van der Waals surface area contributed by atoms with Crippen molar-refractivity contribution in [2.75, 3.05) is 0 Å². The molecular formula is C11H24BNS. The molecule has 0 heterocycles. The van der Waals surface area contributed by atoms with Crippen molar-refractivity contribution in [2.45, 2.75) is 64.2 Å². The second-order valence-electron chi connectivity index (χ2n) is 4.38. The van der Waals surface area contributed by atoms with E-state index in [0.717, 1.165) is 0 Å². The molecule has 1 N–H and O–H groups in total. The van der Waals surface area contributed by atoms with Crippen LogP contribution in [0.5, 0.6) is 0 Å². The van der Waals surface area contributed by atoms with Gasteiger partial charge in [0.2, 0.25) is 0 Å². The molecule has 0 radical (unpaired) electrons. The van der Waals surface area contributed by atoms with Gasteiger partial charge in [-0.1, -0.05) is 58.2 Å². The molecule has 3 heteroatoms. The van der Waals surface area contributed by atoms with Crippen molar-refractivity contribution in [1.29, 1.82) is 0 Å². The normalized spacial score (nSPS) is 14.7. The van der Waals surface area contributed by atoms with Gasteiger partial charge in [-0.25, -0.2) is 0 Å². The van der Waals surface area contributed by atoms with E-state index in [0.29, 0.717) is 0 Å². The summed E-state index contributed by atoms with van der Waals surface area (Å²) in [4.78, 5) is 0. The van der Waals surface area contributed by atoms with Crippen molar-refractivity contribution >= 4 is 25.6 Å². The van der Waals surface area contributed by atoms with Crippen LogP contribution < -0.4 is 5.32 Å². The lowest BCUT2D eigenvalue weighted by molar-refractivity contribution is 0.428. The molecule has 0 spiro atoms. The minimum Gasteiger partial charge on any atom is -0.385 e. The average molecular weight is 213 g/mol. The van der Waals surface area contributed by atoms with E-state index in [2.05, 4.69) is 27.0 Å². The molecule has 0 aliphatic heterocycles. The van der Waals surface area contributed by atoms with Gasteiger partial charge in [0, 0.05) is 5.44 Å². The van der Waals surface area contributed by atoms with E-state index in [1.54, 1.807) is 5.49 Å². The van der Waals surface area contributed by atoms with Gasteiger partial charge in [-0.15, -0.1) is 0 Å². The predicted molar refractivity (Wildman–Crippen MR) is 71.7 cm³/mol. The number of nitrogens with one attached hydrogen (secondary N) is 1. The summed E-state index contributed by atoms with van der Waals surface area (Å²) in [7, 11) is 2.29. The summed E-state index contributed by atoms with van der Waals surface area (Å²) in [5, 5.41) is 3.34. The molecule has 0 aromatic carbocycles. The molecular weight excluding hydrogens is 189 g/mol. The first-order chi connectivity index (χ1) is 6.68. The maximum atomic E-state index is 4.89. The Labute approximate surface area is 95.4 Å². The van der Waals surface area contributed by atoms with Crippen LogP contribution in [0.25, 0.3) is 0 Å². The van der Waals surface area contributed by atoms with Crippen molar-refractivity contribution in [1.82, 2.24) is 5.32 Å². The highest BCUT2D eigenvalue weighted by Crippen LogP contribution is 2.18. The van der Waals surface area contributed by atoms with Gasteiger partial charge in [0.25, 0.3) is 0 Å². The van der Waals surface area contributed by atoms with Crippen molar-refractivity contribution < 1.29 is 0 Å². The molecule has 0 saturated heterocycles. The predicted octanol–water partition coefficient (Wildman–Crippen LogP) is 2.63. The number of thiocarbonyl (C=S) groups is 1. The van der Waals surface area contributed by atoms with Gasteiger partial charge in [0.15, 0.2) is 0 Å². The van der Waals surface area contributed by atoms with Crippen molar-refractivity contribution in [3.8, 4) is 0 Å². The largest absolute Gasteiger partial charge is 0.385 e. The molecule has 14 heavy (non-hydrogen) atoms. The third-order valence-corrected chi connectivity index (χ3v) is 2.94. The fourth-order valence-electron chi connectivity index (χ4n) is 1.74. The molecule has 1 unspecified atom stereocenters. The van der Waals surface area contributed by atoms with Gasteiger partial charge in [0.05, 0.1) is 5.49 Å². The minimum absolute atomic E-state index is 0.243. The van der Waals surface area contributed by atoms with Crippen molar-refractivity contribution in [3.05, 3.63) is 0 Å². The smallest absolute Gasteiger partial charge is 0.134 e. The van der Waals surface area contributed by atoms with Crippen molar-refractivity contribution in [2.24, 2.45) is 0 Å². The van der Waals surface area contributed by atoms with E-state index >= 15 is 0 Å². The van der Waals surface area contributed by atoms with Gasteiger partial charge >= 0.3 is 0 Å². The van der Waals surface area contributed by atoms with Gasteiger partial charge in [-0.3, -0.25) is 0 Å². The lowest BCUT2D eigenvalue weighted by Crippen LogP contribution is -2.44. The summed E-state index contributed by atoms with van der Waals surface area (Å²) in [5.74, 6) is 0. The molecule has 0 aliphatic carbocycles. The number of unbranched alkanes of at least 4 members (excludes halogenated alkanes) is 3. The van der Waals surface area contributed by atoms with Crippen LogP contribution in [0.1, 0.15) is 58.8 Å². The highest BCUT2D eigenvalue weighted by molar-refractivity contribution is 7.78. The molecule has 82 valence electrons. The van der Waals surface area contributed by atoms with Crippen LogP contribution in [0.3, 0.4) is 0 Å². The number of hydrogen-bond donors (Lipinski definition) is 1. The van der Waals surface area contributed by atoms with Gasteiger partial charge < -0.3 is 5.32 Å². The highest BCUT2D eigenvalue weighted by atomic mass is 32.1. The molecule has 0 fully saturated rings. The van der Waals surface area contributed by atoms with E-state index in [9.17, 15) is 0 Å². The van der Waals surface area contributed by atoms with Gasteiger partial charge in [-0.05, 0) is 12.8 Å². The Morgan fingerprint density at radius 3 is 2.21 bits per heavy atom. The summed E-state index contributed by atoms with van der Waals surface area (Å²) < 4.78 is 0. The average Bonchev–Trinajstić information content (AvgIpc) is 2.16. The Kier molecular flexibility index (Phi) is 8.25. The molecule has 0 saturated carbocycles. The molecule has 0 amide bonds. The number of rotatable bonds is 9. The molecule has 1 atom stereocenters. The third-order valence-electron chi connectivity index (χ3n) is 2.82. The topological polar surface area (TPSA) is 12.0 Å². The second kappa shape index (κ2) is 8.28. The van der Waals surface area contributed by atoms with Crippen LogP contribution in [0.2, 0.25) is 0 Å². The third kappa shape index (κ3) is 6.42. The van der Waals surface area contributed by atoms with Gasteiger partial charge in [-0.2, -0.15) is 0 Å². The van der Waals surface area contributed by atoms with Crippen LogP contribution in [0, 0.1) is 0 Å². The van der Waals surface area contributed by atoms with Crippen LogP contribution in [0.15, 0.2) is 0 Å². The number of hydrogen-bond acceptors (Lipinski definition) is 1. The zero-order valence-electron chi connectivity index (χ0n) is 9.94. The first-order valence-electron chi connectivity index (χ1n) is 5.90. The fourth-order valence-corrected chi connectivity index (χ4v) is 2.03. The molecule has 0 aromatic rings. The zero-order chi connectivity index (χ0) is 10.9. The van der Waals surface area contributed by atoms with Crippen LogP contribution in [0.4, 0.5) is 0 Å². The summed E-state index contributed by atoms with van der Waals surface area (Å²) >= 11 is 4.89. The van der Waals surface area contributed by atoms with Crippen molar-refractivity contribution in [3.63, 3.8) is 0 Å². The van der Waals surface area contributed by atoms with E-state index in [1.807, 2.05) is 0 Å². The van der Waals surface area contributed by atoms with E-state index in [4.69, 9.17) is 12.2 Å². The lowest BCUT2D eigenvalue weighted by atomic mass is 9.70. The maximum Gasteiger partial charge on any atom is 0.134 e. The van der Waals surface area contributed by atoms with E-state index in [1.165, 1.54) is 44.9 Å². The Balaban J connectivity index is 3.88. The zero-order valence-corrected chi connectivity index (χ0v) is 10.8. The minimum atomic E-state index is 0.243. The molecule has 0 rings (SSSR count). The summed E-state index contributed by atoms with van der Waals surface area (Å²) in [6.45, 7) is 4.49. The molecule has 0 aliphatic rings. The Morgan fingerprint density at radius 1 is 1.14 bits per heavy atom. The Morgan fingerprint density at radius 2 is 1.71 bits per heavy atom. The van der Waals surface area contributed by atoms with Crippen LogP contribution in [-0.4, -0.2) is 18.8 Å². The highest BCUT2D eigenvalue weighted by Gasteiger charge is 2.20. The lowest BCUT2D eigenvalue weighted by Gasteiger charge is -2.30. The molecule has 1 nitrogen and oxygen atoms in total. The second-order valence-corrected chi connectivity index (χ2v) is 4.62. The summed E-state index contributed by atoms with van der Waals surface area (Å²) in [5.41, 5.74) is 1.93. The van der Waals surface area contributed by atoms with Crippen LogP contribution >= 0.6 is 12.2 Å². The Hall–Kier alpha value is -0.0451. The summed E-state index contributed by atoms with van der Waals surface area (Å²) in [6, 6.07) is 0. The summed E-state index contributed by atoms with van der Waals surface area (Å²) in [6.07, 6.45) is 8.98. The standard InChI is InChI=1S/C11H24BNS/c1-3-5-7-9-11(12,13-10-14)8-6-4-2/h10H,3-9,12H2,1-2H3,(H,13,14). The van der Waals surface area contributed by atoms with E-state index in [-0.39, 0.29) is 5.44 Å². The monoisotopic (exact) mass is 213 g/mol.